The SMILES string of the molecule is CS(=O)(=O)Oc1ccccc1NN=C1CCCNC1=O. The molecule has 108 valence electrons. The quantitative estimate of drug-likeness (QED) is 0.630. The predicted molar refractivity (Wildman–Crippen MR) is 75.2 cm³/mol. The molecular formula is C12H15N3O4S. The first-order valence-electron chi connectivity index (χ1n) is 6.05. The molecule has 1 saturated heterocycles. The molecule has 0 saturated carbocycles. The van der Waals surface area contributed by atoms with Crippen molar-refractivity contribution >= 4 is 27.4 Å². The number of carbonyl (C=O) groups excluding carboxylic acids is 1. The van der Waals surface area contributed by atoms with Crippen molar-refractivity contribution in [1.82, 2.24) is 5.32 Å². The maximum Gasteiger partial charge on any atom is 0.306 e. The third-order valence-electron chi connectivity index (χ3n) is 2.58. The summed E-state index contributed by atoms with van der Waals surface area (Å²) in [5, 5.41) is 6.69. The summed E-state index contributed by atoms with van der Waals surface area (Å²) < 4.78 is 27.2. The highest BCUT2D eigenvalue weighted by Gasteiger charge is 2.16. The number of hydrogen-bond donors (Lipinski definition) is 2. The number of piperidine rings is 1. The van der Waals surface area contributed by atoms with Crippen LogP contribution in [0.15, 0.2) is 29.4 Å². The van der Waals surface area contributed by atoms with Crippen molar-refractivity contribution in [1.29, 1.82) is 0 Å². The second-order valence-electron chi connectivity index (χ2n) is 4.31. The van der Waals surface area contributed by atoms with Crippen LogP contribution in [-0.4, -0.2) is 32.8 Å². The van der Waals surface area contributed by atoms with Gasteiger partial charge in [-0.05, 0) is 25.0 Å². The molecule has 1 aromatic rings. The third kappa shape index (κ3) is 3.95. The zero-order valence-corrected chi connectivity index (χ0v) is 11.7. The van der Waals surface area contributed by atoms with E-state index in [2.05, 4.69) is 15.8 Å². The smallest absolute Gasteiger partial charge is 0.306 e. The summed E-state index contributed by atoms with van der Waals surface area (Å²) in [4.78, 5) is 11.5. The minimum Gasteiger partial charge on any atom is -0.380 e. The van der Waals surface area contributed by atoms with Crippen LogP contribution < -0.4 is 14.9 Å². The summed E-state index contributed by atoms with van der Waals surface area (Å²) in [5.41, 5.74) is 3.43. The van der Waals surface area contributed by atoms with Crippen LogP contribution in [0.1, 0.15) is 12.8 Å². The van der Waals surface area contributed by atoms with Gasteiger partial charge < -0.3 is 9.50 Å². The summed E-state index contributed by atoms with van der Waals surface area (Å²) in [5.74, 6) is -0.0826. The Bertz CT molecular complexity index is 640. The molecule has 8 heteroatoms. The van der Waals surface area contributed by atoms with Crippen LogP contribution in [0.3, 0.4) is 0 Å². The van der Waals surface area contributed by atoms with Crippen LogP contribution in [0.5, 0.6) is 5.75 Å². The lowest BCUT2D eigenvalue weighted by Gasteiger charge is -2.14. The van der Waals surface area contributed by atoms with E-state index >= 15 is 0 Å². The number of para-hydroxylation sites is 2. The summed E-state index contributed by atoms with van der Waals surface area (Å²) in [6.07, 6.45) is 2.37. The van der Waals surface area contributed by atoms with Gasteiger partial charge in [0.05, 0.1) is 11.9 Å². The van der Waals surface area contributed by atoms with E-state index in [-0.39, 0.29) is 11.7 Å². The van der Waals surface area contributed by atoms with Gasteiger partial charge in [-0.2, -0.15) is 13.5 Å². The minimum atomic E-state index is -3.62. The molecular weight excluding hydrogens is 282 g/mol. The number of amides is 1. The van der Waals surface area contributed by atoms with Crippen LogP contribution in [0.4, 0.5) is 5.69 Å². The molecule has 1 fully saturated rings. The molecule has 1 aliphatic rings. The van der Waals surface area contributed by atoms with Crippen molar-refractivity contribution < 1.29 is 17.4 Å². The van der Waals surface area contributed by atoms with Crippen molar-refractivity contribution in [3.8, 4) is 5.75 Å². The molecule has 20 heavy (non-hydrogen) atoms. The molecule has 2 N–H and O–H groups in total. The average Bonchev–Trinajstić information content (AvgIpc) is 2.37. The van der Waals surface area contributed by atoms with Crippen molar-refractivity contribution in [3.05, 3.63) is 24.3 Å². The summed E-state index contributed by atoms with van der Waals surface area (Å²) in [6, 6.07) is 6.47. The third-order valence-corrected chi connectivity index (χ3v) is 3.06. The number of hydrazone groups is 1. The second-order valence-corrected chi connectivity index (χ2v) is 5.89. The molecule has 1 aromatic carbocycles. The number of rotatable bonds is 4. The Morgan fingerprint density at radius 2 is 2.10 bits per heavy atom. The Morgan fingerprint density at radius 1 is 1.35 bits per heavy atom. The Kier molecular flexibility index (Phi) is 4.23. The van der Waals surface area contributed by atoms with Gasteiger partial charge in [0.1, 0.15) is 5.71 Å². The Hall–Kier alpha value is -2.09. The molecule has 1 aliphatic heterocycles. The first-order chi connectivity index (χ1) is 9.46. The van der Waals surface area contributed by atoms with E-state index in [0.29, 0.717) is 24.4 Å². The zero-order valence-electron chi connectivity index (χ0n) is 10.9. The topological polar surface area (TPSA) is 96.9 Å². The second kappa shape index (κ2) is 5.91. The first-order valence-corrected chi connectivity index (χ1v) is 7.86. The van der Waals surface area contributed by atoms with Crippen molar-refractivity contribution in [2.45, 2.75) is 12.8 Å². The molecule has 0 atom stereocenters. The largest absolute Gasteiger partial charge is 0.380 e. The summed E-state index contributed by atoms with van der Waals surface area (Å²) >= 11 is 0. The van der Waals surface area contributed by atoms with Crippen LogP contribution in [0, 0.1) is 0 Å². The molecule has 0 aliphatic carbocycles. The number of hydrogen-bond acceptors (Lipinski definition) is 6. The van der Waals surface area contributed by atoms with E-state index in [1.807, 2.05) is 0 Å². The number of carbonyl (C=O) groups is 1. The lowest BCUT2D eigenvalue weighted by Crippen LogP contribution is -2.37. The summed E-state index contributed by atoms with van der Waals surface area (Å²) in [6.45, 7) is 0.644. The van der Waals surface area contributed by atoms with Crippen LogP contribution >= 0.6 is 0 Å². The van der Waals surface area contributed by atoms with Gasteiger partial charge in [-0.25, -0.2) is 0 Å². The molecule has 2 rings (SSSR count). The van der Waals surface area contributed by atoms with Gasteiger partial charge in [-0.15, -0.1) is 0 Å². The molecule has 0 bridgehead atoms. The molecule has 1 amide bonds. The van der Waals surface area contributed by atoms with Crippen molar-refractivity contribution in [3.63, 3.8) is 0 Å². The highest BCUT2D eigenvalue weighted by molar-refractivity contribution is 7.86. The van der Waals surface area contributed by atoms with Gasteiger partial charge in [0, 0.05) is 6.54 Å². The minimum absolute atomic E-state index is 0.135. The normalized spacial score (nSPS) is 17.6. The monoisotopic (exact) mass is 297 g/mol. The van der Waals surface area contributed by atoms with E-state index in [9.17, 15) is 13.2 Å². The maximum absolute atomic E-state index is 11.5. The standard InChI is InChI=1S/C12H15N3O4S/c1-20(17,18)19-11-7-3-2-5-9(11)14-15-10-6-4-8-13-12(10)16/h2-3,5,7,14H,4,6,8H2,1H3,(H,13,16). The molecule has 1 heterocycles. The van der Waals surface area contributed by atoms with Crippen LogP contribution in [0.25, 0.3) is 0 Å². The van der Waals surface area contributed by atoms with E-state index in [4.69, 9.17) is 4.18 Å². The number of nitrogens with zero attached hydrogens (tertiary/aromatic N) is 1. The van der Waals surface area contributed by atoms with E-state index in [0.717, 1.165) is 12.7 Å². The fraction of sp³-hybridized carbons (Fsp3) is 0.333. The Labute approximate surface area is 117 Å². The number of nitrogens with one attached hydrogen (secondary N) is 2. The van der Waals surface area contributed by atoms with Gasteiger partial charge in [0.2, 0.25) is 0 Å². The van der Waals surface area contributed by atoms with Gasteiger partial charge in [0.25, 0.3) is 5.91 Å². The van der Waals surface area contributed by atoms with Gasteiger partial charge in [-0.1, -0.05) is 12.1 Å². The van der Waals surface area contributed by atoms with Gasteiger partial charge in [-0.3, -0.25) is 10.2 Å². The first kappa shape index (κ1) is 14.3. The van der Waals surface area contributed by atoms with E-state index in [1.165, 1.54) is 6.07 Å². The van der Waals surface area contributed by atoms with Gasteiger partial charge in [0.15, 0.2) is 5.75 Å². The highest BCUT2D eigenvalue weighted by Crippen LogP contribution is 2.25. The fourth-order valence-corrected chi connectivity index (χ4v) is 2.17. The lowest BCUT2D eigenvalue weighted by atomic mass is 10.1. The molecule has 0 spiro atoms. The van der Waals surface area contributed by atoms with E-state index in [1.54, 1.807) is 18.2 Å². The van der Waals surface area contributed by atoms with E-state index < -0.39 is 10.1 Å². The predicted octanol–water partition coefficient (Wildman–Crippen LogP) is 0.703. The maximum atomic E-state index is 11.5. The number of benzene rings is 1. The fourth-order valence-electron chi connectivity index (χ4n) is 1.70. The number of anilines is 1. The van der Waals surface area contributed by atoms with Crippen molar-refractivity contribution in [2.24, 2.45) is 5.10 Å². The summed E-state index contributed by atoms with van der Waals surface area (Å²) in [7, 11) is -3.62. The van der Waals surface area contributed by atoms with Gasteiger partial charge >= 0.3 is 10.1 Å². The van der Waals surface area contributed by atoms with Crippen LogP contribution in [-0.2, 0) is 14.9 Å². The van der Waals surface area contributed by atoms with Crippen LogP contribution in [0.2, 0.25) is 0 Å². The van der Waals surface area contributed by atoms with Crippen molar-refractivity contribution in [2.75, 3.05) is 18.2 Å². The Morgan fingerprint density at radius 3 is 2.80 bits per heavy atom. The molecule has 0 radical (unpaired) electrons. The zero-order chi connectivity index (χ0) is 14.6. The lowest BCUT2D eigenvalue weighted by molar-refractivity contribution is -0.115. The molecule has 0 aromatic heterocycles. The highest BCUT2D eigenvalue weighted by atomic mass is 32.2. The Balaban J connectivity index is 2.17. The average molecular weight is 297 g/mol. The molecule has 7 nitrogen and oxygen atoms in total. The molecule has 0 unspecified atom stereocenters.